The molecule has 20 heavy (non-hydrogen) atoms. The van der Waals surface area contributed by atoms with Gasteiger partial charge in [0.15, 0.2) is 0 Å². The molecule has 0 unspecified atom stereocenters. The normalized spacial score (nSPS) is 10.4. The summed E-state index contributed by atoms with van der Waals surface area (Å²) in [6, 6.07) is 18.3. The fraction of sp³-hybridized carbons (Fsp3) is 0.118. The summed E-state index contributed by atoms with van der Waals surface area (Å²) in [7, 11) is 1.36. The molecule has 3 heteroatoms. The molecule has 1 N–H and O–H groups in total. The van der Waals surface area contributed by atoms with Crippen molar-refractivity contribution in [1.82, 2.24) is 0 Å². The Labute approximate surface area is 118 Å². The summed E-state index contributed by atoms with van der Waals surface area (Å²) in [5, 5.41) is 3.12. The topological polar surface area (TPSA) is 38.3 Å². The van der Waals surface area contributed by atoms with Crippen LogP contribution in [-0.4, -0.2) is 13.1 Å². The van der Waals surface area contributed by atoms with Crippen molar-refractivity contribution in [3.8, 4) is 0 Å². The summed E-state index contributed by atoms with van der Waals surface area (Å²) < 4.78 is 4.55. The molecule has 0 spiro atoms. The predicted octanol–water partition coefficient (Wildman–Crippen LogP) is 3.38. The van der Waals surface area contributed by atoms with E-state index in [1.165, 1.54) is 24.3 Å². The van der Waals surface area contributed by atoms with Gasteiger partial charge in [0.25, 0.3) is 0 Å². The van der Waals surface area contributed by atoms with Gasteiger partial charge in [-0.1, -0.05) is 48.5 Å². The minimum atomic E-state index is -0.377. The smallest absolute Gasteiger partial charge is 0.331 e. The first-order chi connectivity index (χ1) is 9.79. The molecule has 0 aliphatic heterocycles. The number of carbonyl (C=O) groups is 1. The molecule has 0 heterocycles. The molecule has 0 aliphatic carbocycles. The van der Waals surface area contributed by atoms with Gasteiger partial charge in [0.1, 0.15) is 0 Å². The van der Waals surface area contributed by atoms with Gasteiger partial charge < -0.3 is 10.1 Å². The van der Waals surface area contributed by atoms with Crippen molar-refractivity contribution in [2.75, 3.05) is 12.4 Å². The van der Waals surface area contributed by atoms with Crippen LogP contribution in [0.15, 0.2) is 66.9 Å². The number of hydrogen-bond acceptors (Lipinski definition) is 3. The molecule has 2 aromatic rings. The Morgan fingerprint density at radius 3 is 2.55 bits per heavy atom. The first-order valence-electron chi connectivity index (χ1n) is 6.42. The van der Waals surface area contributed by atoms with Gasteiger partial charge in [-0.15, -0.1) is 0 Å². The zero-order chi connectivity index (χ0) is 14.2. The minimum Gasteiger partial charge on any atom is -0.466 e. The summed E-state index contributed by atoms with van der Waals surface area (Å²) in [6.07, 6.45) is 3.80. The Morgan fingerprint density at radius 2 is 1.80 bits per heavy atom. The zero-order valence-electron chi connectivity index (χ0n) is 11.4. The molecular formula is C17H17NO2. The number of anilines is 1. The molecule has 0 saturated heterocycles. The molecule has 102 valence electrons. The van der Waals surface area contributed by atoms with E-state index in [4.69, 9.17) is 0 Å². The maximum absolute atomic E-state index is 11.0. The molecule has 3 nitrogen and oxygen atoms in total. The Bertz CT molecular complexity index is 591. The van der Waals surface area contributed by atoms with Gasteiger partial charge in [0.2, 0.25) is 0 Å². The van der Waals surface area contributed by atoms with Gasteiger partial charge in [-0.25, -0.2) is 4.79 Å². The fourth-order valence-corrected chi connectivity index (χ4v) is 1.90. The molecule has 0 aliphatic rings. The van der Waals surface area contributed by atoms with Crippen LogP contribution in [0.2, 0.25) is 0 Å². The summed E-state index contributed by atoms with van der Waals surface area (Å²) in [6.45, 7) is 0. The number of rotatable bonds is 5. The first-order valence-corrected chi connectivity index (χ1v) is 6.42. The predicted molar refractivity (Wildman–Crippen MR) is 80.5 cm³/mol. The molecule has 0 saturated carbocycles. The quantitative estimate of drug-likeness (QED) is 0.666. The lowest BCUT2D eigenvalue weighted by Crippen LogP contribution is -1.99. The second-order valence-corrected chi connectivity index (χ2v) is 4.32. The third-order valence-corrected chi connectivity index (χ3v) is 2.91. The van der Waals surface area contributed by atoms with E-state index in [0.29, 0.717) is 0 Å². The van der Waals surface area contributed by atoms with Gasteiger partial charge >= 0.3 is 5.97 Å². The third-order valence-electron chi connectivity index (χ3n) is 2.91. The summed E-state index contributed by atoms with van der Waals surface area (Å²) in [5.41, 5.74) is 3.41. The average molecular weight is 267 g/mol. The van der Waals surface area contributed by atoms with E-state index < -0.39 is 0 Å². The van der Waals surface area contributed by atoms with E-state index in [-0.39, 0.29) is 5.97 Å². The Balaban J connectivity index is 2.10. The van der Waals surface area contributed by atoms with Gasteiger partial charge in [0.05, 0.1) is 7.11 Å². The largest absolute Gasteiger partial charge is 0.466 e. The molecule has 2 aromatic carbocycles. The van der Waals surface area contributed by atoms with E-state index >= 15 is 0 Å². The maximum atomic E-state index is 11.0. The van der Waals surface area contributed by atoms with E-state index in [9.17, 15) is 4.79 Å². The number of esters is 1. The van der Waals surface area contributed by atoms with Crippen LogP contribution in [0.5, 0.6) is 0 Å². The molecule has 0 fully saturated rings. The van der Waals surface area contributed by atoms with Crippen molar-refractivity contribution >= 4 is 11.7 Å². The van der Waals surface area contributed by atoms with Gasteiger partial charge in [0, 0.05) is 18.0 Å². The fourth-order valence-electron chi connectivity index (χ4n) is 1.90. The Morgan fingerprint density at radius 1 is 1.10 bits per heavy atom. The van der Waals surface area contributed by atoms with Gasteiger partial charge in [-0.3, -0.25) is 0 Å². The highest BCUT2D eigenvalue weighted by molar-refractivity contribution is 5.82. The highest BCUT2D eigenvalue weighted by Gasteiger charge is 2.01. The molecule has 0 atom stereocenters. The second kappa shape index (κ2) is 7.14. The number of hydrogen-bond donors (Lipinski definition) is 1. The standard InChI is InChI=1S/C17H17NO2/c1-20-17(19)11-12-18-16-10-6-5-9-15(16)13-14-7-3-2-4-8-14/h2-12,18H,13H2,1H3/b12-11+. The van der Waals surface area contributed by atoms with E-state index in [1.54, 1.807) is 6.20 Å². The number of methoxy groups -OCH3 is 1. The van der Waals surface area contributed by atoms with Crippen LogP contribution in [0.3, 0.4) is 0 Å². The summed E-state index contributed by atoms with van der Waals surface area (Å²) >= 11 is 0. The zero-order valence-corrected chi connectivity index (χ0v) is 11.4. The van der Waals surface area contributed by atoms with Crippen LogP contribution in [0.1, 0.15) is 11.1 Å². The lowest BCUT2D eigenvalue weighted by molar-refractivity contribution is -0.134. The van der Waals surface area contributed by atoms with Gasteiger partial charge in [-0.05, 0) is 23.6 Å². The lowest BCUT2D eigenvalue weighted by Gasteiger charge is -2.09. The van der Waals surface area contributed by atoms with Crippen LogP contribution in [0, 0.1) is 0 Å². The van der Waals surface area contributed by atoms with Crippen LogP contribution in [-0.2, 0) is 16.0 Å². The summed E-state index contributed by atoms with van der Waals surface area (Å²) in [4.78, 5) is 11.0. The lowest BCUT2D eigenvalue weighted by atomic mass is 10.0. The monoisotopic (exact) mass is 267 g/mol. The van der Waals surface area contributed by atoms with Crippen molar-refractivity contribution in [1.29, 1.82) is 0 Å². The van der Waals surface area contributed by atoms with Crippen molar-refractivity contribution < 1.29 is 9.53 Å². The second-order valence-electron chi connectivity index (χ2n) is 4.32. The third kappa shape index (κ3) is 3.99. The van der Waals surface area contributed by atoms with Crippen LogP contribution < -0.4 is 5.32 Å². The Kier molecular flexibility index (Phi) is 4.95. The van der Waals surface area contributed by atoms with Crippen molar-refractivity contribution in [2.24, 2.45) is 0 Å². The van der Waals surface area contributed by atoms with Crippen LogP contribution in [0.25, 0.3) is 0 Å². The van der Waals surface area contributed by atoms with Crippen LogP contribution in [0.4, 0.5) is 5.69 Å². The minimum absolute atomic E-state index is 0.377. The number of ether oxygens (including phenoxy) is 1. The van der Waals surface area contributed by atoms with E-state index in [1.807, 2.05) is 36.4 Å². The van der Waals surface area contributed by atoms with Crippen LogP contribution >= 0.6 is 0 Å². The summed E-state index contributed by atoms with van der Waals surface area (Å²) in [5.74, 6) is -0.377. The maximum Gasteiger partial charge on any atom is 0.331 e. The van der Waals surface area contributed by atoms with Crippen molar-refractivity contribution in [2.45, 2.75) is 6.42 Å². The van der Waals surface area contributed by atoms with Crippen molar-refractivity contribution in [3.05, 3.63) is 78.0 Å². The Hall–Kier alpha value is -2.55. The highest BCUT2D eigenvalue weighted by atomic mass is 16.5. The number of benzene rings is 2. The van der Waals surface area contributed by atoms with Gasteiger partial charge in [-0.2, -0.15) is 0 Å². The average Bonchev–Trinajstić information content (AvgIpc) is 2.50. The molecule has 0 amide bonds. The SMILES string of the molecule is COC(=O)/C=C/Nc1ccccc1Cc1ccccc1. The number of para-hydroxylation sites is 1. The molecule has 0 aromatic heterocycles. The molecular weight excluding hydrogens is 250 g/mol. The van der Waals surface area contributed by atoms with E-state index in [0.717, 1.165) is 12.1 Å². The molecule has 0 bridgehead atoms. The molecule has 2 rings (SSSR count). The highest BCUT2D eigenvalue weighted by Crippen LogP contribution is 2.19. The first kappa shape index (κ1) is 13.9. The number of nitrogens with one attached hydrogen (secondary N) is 1. The van der Waals surface area contributed by atoms with Crippen molar-refractivity contribution in [3.63, 3.8) is 0 Å². The van der Waals surface area contributed by atoms with E-state index in [2.05, 4.69) is 28.3 Å². The molecule has 0 radical (unpaired) electrons. The number of carbonyl (C=O) groups excluding carboxylic acids is 1.